The number of hydrogen-bond donors (Lipinski definition) is 0. The van der Waals surface area contributed by atoms with E-state index in [9.17, 15) is 7.84 Å². The molecule has 0 saturated carbocycles. The van der Waals surface area contributed by atoms with E-state index >= 15 is 0 Å². The molecule has 0 spiro atoms. The molecule has 0 N–H and O–H groups in total. The van der Waals surface area contributed by atoms with E-state index in [1.54, 1.807) is 13.3 Å². The third-order valence-electron chi connectivity index (χ3n) is 3.10. The molecule has 0 fully saturated rings. The van der Waals surface area contributed by atoms with Crippen LogP contribution in [0.4, 0.5) is 0 Å². The molecule has 0 rings (SSSR count). The van der Waals surface area contributed by atoms with Crippen LogP contribution in [0.3, 0.4) is 0 Å². The summed E-state index contributed by atoms with van der Waals surface area (Å²) in [7, 11) is 2.13. The summed E-state index contributed by atoms with van der Waals surface area (Å²) in [5, 5.41) is 0. The predicted molar refractivity (Wildman–Crippen MR) is 85.4 cm³/mol. The van der Waals surface area contributed by atoms with Crippen LogP contribution in [0.1, 0.15) is 59.3 Å². The Bertz CT molecular complexity index is 212. The number of hydrogen-bond acceptors (Lipinski definition) is 4. The van der Waals surface area contributed by atoms with Gasteiger partial charge < -0.3 is 0 Å². The molecule has 6 heteroatoms. The van der Waals surface area contributed by atoms with Crippen molar-refractivity contribution < 1.29 is 15.3 Å². The van der Waals surface area contributed by atoms with E-state index in [0.29, 0.717) is 0 Å². The minimum atomic E-state index is -4.44. The summed E-state index contributed by atoms with van der Waals surface area (Å²) < 4.78 is 32.9. The minimum absolute atomic E-state index is 0.839. The van der Waals surface area contributed by atoms with Gasteiger partial charge in [0.15, 0.2) is 0 Å². The van der Waals surface area contributed by atoms with Crippen LogP contribution in [0.25, 0.3) is 0 Å². The van der Waals surface area contributed by atoms with Crippen LogP contribution in [0.5, 0.6) is 0 Å². The third-order valence-corrected chi connectivity index (χ3v) is 14.1. The summed E-state index contributed by atoms with van der Waals surface area (Å²) in [5.74, 6) is 0. The Kier molecular flexibility index (Phi) is 19.1. The first-order chi connectivity index (χ1) is 9.47. The van der Waals surface area contributed by atoms with Crippen LogP contribution in [0, 0.1) is 0 Å². The first kappa shape index (κ1) is 23.3. The fourth-order valence-electron chi connectivity index (χ4n) is 1.73. The molecule has 0 aromatic carbocycles. The summed E-state index contributed by atoms with van der Waals surface area (Å²) in [6.07, 6.45) is 8.85. The Morgan fingerprint density at radius 1 is 0.850 bits per heavy atom. The predicted octanol–water partition coefficient (Wildman–Crippen LogP) is 3.39. The summed E-state index contributed by atoms with van der Waals surface area (Å²) in [6, 6.07) is 0. The molecule has 0 aliphatic heterocycles. The normalized spacial score (nSPS) is 10.9. The standard InChI is InChI=1S/3C4H9.C2H7AsO4.Sn/c3*1-3-4-2;1-6-3(4,5)7-2;/h3*1,3-4H2,2H3;1-2H3,(H,4,5);/q;;;;+1/p-1. The molecule has 0 amide bonds. The molecule has 0 unspecified atom stereocenters. The van der Waals surface area contributed by atoms with Gasteiger partial charge in [0.2, 0.25) is 0 Å². The van der Waals surface area contributed by atoms with Crippen molar-refractivity contribution in [2.75, 3.05) is 14.2 Å². The molecule has 122 valence electrons. The van der Waals surface area contributed by atoms with Gasteiger partial charge in [0.25, 0.3) is 0 Å². The van der Waals surface area contributed by atoms with E-state index in [4.69, 9.17) is 0 Å². The van der Waals surface area contributed by atoms with Crippen molar-refractivity contribution in [3.63, 3.8) is 0 Å². The van der Waals surface area contributed by atoms with Gasteiger partial charge in [-0.15, -0.1) is 0 Å². The first-order valence-electron chi connectivity index (χ1n) is 7.73. The van der Waals surface area contributed by atoms with E-state index in [2.05, 4.69) is 28.2 Å². The molecule has 0 bridgehead atoms. The molecule has 0 radical (unpaired) electrons. The molecular formula is C14H33AsO4Sn. The summed E-state index contributed by atoms with van der Waals surface area (Å²) in [6.45, 7) is 7.00. The maximum absolute atomic E-state index is 10.0. The molecule has 0 aliphatic carbocycles. The van der Waals surface area contributed by atoms with Gasteiger partial charge in [0.1, 0.15) is 0 Å². The van der Waals surface area contributed by atoms with Crippen molar-refractivity contribution in [3.05, 3.63) is 0 Å². The topological polar surface area (TPSA) is 58.6 Å². The van der Waals surface area contributed by atoms with Gasteiger partial charge in [0, 0.05) is 0 Å². The molecule has 4 nitrogen and oxygen atoms in total. The molecule has 0 saturated heterocycles. The fourth-order valence-corrected chi connectivity index (χ4v) is 11.5. The fraction of sp³-hybridized carbons (Fsp3) is 1.00. The van der Waals surface area contributed by atoms with Crippen molar-refractivity contribution in [2.45, 2.75) is 72.6 Å². The average Bonchev–Trinajstić information content (AvgIpc) is 2.47. The molecular weight excluding hydrogens is 426 g/mol. The van der Waals surface area contributed by atoms with E-state index in [-0.39, 0.29) is 0 Å². The quantitative estimate of drug-likeness (QED) is 0.445. The Morgan fingerprint density at radius 2 is 1.15 bits per heavy atom. The van der Waals surface area contributed by atoms with Gasteiger partial charge in [-0.1, -0.05) is 0 Å². The van der Waals surface area contributed by atoms with Gasteiger partial charge in [-0.05, 0) is 0 Å². The second-order valence-corrected chi connectivity index (χ2v) is 16.8. The van der Waals surface area contributed by atoms with E-state index in [1.165, 1.54) is 38.5 Å². The van der Waals surface area contributed by atoms with Crippen molar-refractivity contribution in [1.82, 2.24) is 0 Å². The van der Waals surface area contributed by atoms with Crippen molar-refractivity contribution in [3.8, 4) is 0 Å². The molecule has 0 atom stereocenters. The number of rotatable bonds is 11. The van der Waals surface area contributed by atoms with Gasteiger partial charge in [-0.2, -0.15) is 0 Å². The second kappa shape index (κ2) is 16.4. The summed E-state index contributed by atoms with van der Waals surface area (Å²) in [4.78, 5) is 0. The monoisotopic (exact) mass is 460 g/mol. The van der Waals surface area contributed by atoms with Crippen LogP contribution < -0.4 is 4.10 Å². The molecule has 0 aromatic rings. The molecule has 0 aromatic heterocycles. The van der Waals surface area contributed by atoms with Crippen molar-refractivity contribution in [2.24, 2.45) is 0 Å². The van der Waals surface area contributed by atoms with Crippen LogP contribution >= 0.6 is 0 Å². The second-order valence-electron chi connectivity index (χ2n) is 4.87. The van der Waals surface area contributed by atoms with Crippen LogP contribution in [0.2, 0.25) is 13.3 Å². The zero-order valence-electron chi connectivity index (χ0n) is 13.9. The van der Waals surface area contributed by atoms with E-state index in [1.807, 2.05) is 0 Å². The maximum atomic E-state index is 10.0. The zero-order valence-corrected chi connectivity index (χ0v) is 18.7. The Morgan fingerprint density at radius 3 is 1.30 bits per heavy atom. The number of unbranched alkanes of at least 4 members (excludes halogenated alkanes) is 3. The van der Waals surface area contributed by atoms with Crippen LogP contribution in [-0.2, 0) is 11.2 Å². The van der Waals surface area contributed by atoms with Crippen molar-refractivity contribution in [1.29, 1.82) is 0 Å². The molecule has 0 aliphatic rings. The van der Waals surface area contributed by atoms with Gasteiger partial charge >= 0.3 is 136 Å². The van der Waals surface area contributed by atoms with Gasteiger partial charge in [-0.3, -0.25) is 0 Å². The third kappa shape index (κ3) is 17.1. The van der Waals surface area contributed by atoms with Crippen molar-refractivity contribution >= 4 is 34.3 Å². The Balaban J connectivity index is 0. The molecule has 20 heavy (non-hydrogen) atoms. The van der Waals surface area contributed by atoms with E-state index < -0.39 is 34.3 Å². The van der Waals surface area contributed by atoms with Gasteiger partial charge in [0.05, 0.1) is 0 Å². The van der Waals surface area contributed by atoms with Crippen LogP contribution in [-0.4, -0.2) is 48.5 Å². The average molecular weight is 459 g/mol. The molecule has 0 heterocycles. The first-order valence-corrected chi connectivity index (χ1v) is 16.8. The Hall–Kier alpha value is 1.04. The van der Waals surface area contributed by atoms with Crippen LogP contribution in [0.15, 0.2) is 0 Å². The zero-order chi connectivity index (χ0) is 15.9. The summed E-state index contributed by atoms with van der Waals surface area (Å²) in [5.41, 5.74) is 0. The van der Waals surface area contributed by atoms with Gasteiger partial charge in [-0.25, -0.2) is 0 Å². The summed E-state index contributed by atoms with van der Waals surface area (Å²) >= 11 is -5.28. The Labute approximate surface area is 136 Å². The van der Waals surface area contributed by atoms with E-state index in [0.717, 1.165) is 14.2 Å². The SMILES string of the molecule is CCC[CH2][Sn+]([CH2]CCC)[CH2]CCC.CO[As](=O)([O-])OC.